The molecule has 1 saturated heterocycles. The Hall–Kier alpha value is -2.27. The molecule has 5 nitrogen and oxygen atoms in total. The van der Waals surface area contributed by atoms with Gasteiger partial charge < -0.3 is 19.7 Å². The number of hydrogen-bond acceptors (Lipinski definition) is 5. The van der Waals surface area contributed by atoms with E-state index in [4.69, 9.17) is 9.47 Å². The van der Waals surface area contributed by atoms with Crippen molar-refractivity contribution in [2.45, 2.75) is 25.4 Å². The number of ether oxygens (including phenoxy) is 2. The van der Waals surface area contributed by atoms with Gasteiger partial charge in [-0.1, -0.05) is 12.1 Å². The summed E-state index contributed by atoms with van der Waals surface area (Å²) in [6.45, 7) is 2.88. The molecule has 0 radical (unpaired) electrons. The molecular weight excluding hydrogens is 302 g/mol. The van der Waals surface area contributed by atoms with E-state index in [1.165, 1.54) is 0 Å². The van der Waals surface area contributed by atoms with Crippen molar-refractivity contribution < 1.29 is 9.47 Å². The van der Waals surface area contributed by atoms with Gasteiger partial charge in [-0.2, -0.15) is 0 Å². The van der Waals surface area contributed by atoms with E-state index in [0.717, 1.165) is 55.4 Å². The molecule has 1 fully saturated rings. The summed E-state index contributed by atoms with van der Waals surface area (Å²) in [4.78, 5) is 6.79. The SMILES string of the molecule is COc1ccc(CNC2CCN(c3ccccn3)CC2)c(OC)c1. The summed E-state index contributed by atoms with van der Waals surface area (Å²) in [6, 6.07) is 12.6. The van der Waals surface area contributed by atoms with Crippen LogP contribution in [0.3, 0.4) is 0 Å². The number of nitrogens with zero attached hydrogens (tertiary/aromatic N) is 2. The quantitative estimate of drug-likeness (QED) is 0.884. The van der Waals surface area contributed by atoms with Gasteiger partial charge in [-0.3, -0.25) is 0 Å². The van der Waals surface area contributed by atoms with Crippen LogP contribution in [0, 0.1) is 0 Å². The van der Waals surface area contributed by atoms with Gasteiger partial charge in [0.1, 0.15) is 17.3 Å². The molecular formula is C19H25N3O2. The second-order valence-corrected chi connectivity index (χ2v) is 6.01. The Labute approximate surface area is 143 Å². The van der Waals surface area contributed by atoms with Gasteiger partial charge in [0.2, 0.25) is 0 Å². The van der Waals surface area contributed by atoms with Crippen molar-refractivity contribution >= 4 is 5.82 Å². The van der Waals surface area contributed by atoms with Gasteiger partial charge >= 0.3 is 0 Å². The summed E-state index contributed by atoms with van der Waals surface area (Å²) in [7, 11) is 3.37. The molecule has 2 aromatic rings. The highest BCUT2D eigenvalue weighted by molar-refractivity contribution is 5.41. The zero-order chi connectivity index (χ0) is 16.8. The van der Waals surface area contributed by atoms with Crippen LogP contribution in [0.1, 0.15) is 18.4 Å². The van der Waals surface area contributed by atoms with Crippen LogP contribution < -0.4 is 19.7 Å². The van der Waals surface area contributed by atoms with E-state index in [9.17, 15) is 0 Å². The maximum Gasteiger partial charge on any atom is 0.128 e. The second-order valence-electron chi connectivity index (χ2n) is 6.01. The number of anilines is 1. The lowest BCUT2D eigenvalue weighted by Gasteiger charge is -2.33. The first-order valence-corrected chi connectivity index (χ1v) is 8.40. The lowest BCUT2D eigenvalue weighted by atomic mass is 10.0. The van der Waals surface area contributed by atoms with Crippen molar-refractivity contribution in [3.8, 4) is 11.5 Å². The molecule has 128 valence electrons. The van der Waals surface area contributed by atoms with Crippen LogP contribution in [0.4, 0.5) is 5.82 Å². The molecule has 1 aliphatic rings. The average Bonchev–Trinajstić information content (AvgIpc) is 2.67. The van der Waals surface area contributed by atoms with Crippen LogP contribution in [-0.4, -0.2) is 38.3 Å². The van der Waals surface area contributed by atoms with E-state index in [0.29, 0.717) is 6.04 Å². The highest BCUT2D eigenvalue weighted by Gasteiger charge is 2.20. The number of hydrogen-bond donors (Lipinski definition) is 1. The van der Waals surface area contributed by atoms with Gasteiger partial charge in [-0.25, -0.2) is 4.98 Å². The molecule has 1 N–H and O–H groups in total. The number of piperidine rings is 1. The van der Waals surface area contributed by atoms with Crippen molar-refractivity contribution in [2.75, 3.05) is 32.2 Å². The average molecular weight is 327 g/mol. The summed E-state index contributed by atoms with van der Waals surface area (Å²) in [5.41, 5.74) is 1.16. The predicted molar refractivity (Wildman–Crippen MR) is 95.9 cm³/mol. The Balaban J connectivity index is 1.52. The fourth-order valence-electron chi connectivity index (χ4n) is 3.11. The van der Waals surface area contributed by atoms with E-state index in [-0.39, 0.29) is 0 Å². The van der Waals surface area contributed by atoms with Crippen molar-refractivity contribution in [1.29, 1.82) is 0 Å². The van der Waals surface area contributed by atoms with Crippen molar-refractivity contribution in [3.63, 3.8) is 0 Å². The molecule has 1 aliphatic heterocycles. The van der Waals surface area contributed by atoms with Gasteiger partial charge in [-0.05, 0) is 31.0 Å². The molecule has 0 unspecified atom stereocenters. The molecule has 5 heteroatoms. The molecule has 0 bridgehead atoms. The molecule has 2 heterocycles. The lowest BCUT2D eigenvalue weighted by molar-refractivity contribution is 0.381. The number of rotatable bonds is 6. The Kier molecular flexibility index (Phi) is 5.54. The third kappa shape index (κ3) is 3.97. The Bertz CT molecular complexity index is 640. The van der Waals surface area contributed by atoms with Crippen LogP contribution in [0.25, 0.3) is 0 Å². The summed E-state index contributed by atoms with van der Waals surface area (Å²) >= 11 is 0. The molecule has 0 saturated carbocycles. The van der Waals surface area contributed by atoms with Gasteiger partial charge in [0.05, 0.1) is 14.2 Å². The normalized spacial score (nSPS) is 15.3. The van der Waals surface area contributed by atoms with E-state index in [2.05, 4.69) is 27.3 Å². The molecule has 1 aromatic carbocycles. The smallest absolute Gasteiger partial charge is 0.128 e. The first-order valence-electron chi connectivity index (χ1n) is 8.40. The Morgan fingerprint density at radius 1 is 1.12 bits per heavy atom. The van der Waals surface area contributed by atoms with E-state index in [1.807, 2.05) is 30.5 Å². The van der Waals surface area contributed by atoms with Crippen LogP contribution in [-0.2, 0) is 6.54 Å². The number of methoxy groups -OCH3 is 2. The van der Waals surface area contributed by atoms with Crippen LogP contribution >= 0.6 is 0 Å². The zero-order valence-electron chi connectivity index (χ0n) is 14.4. The summed E-state index contributed by atoms with van der Waals surface area (Å²) < 4.78 is 10.7. The third-order valence-electron chi connectivity index (χ3n) is 4.54. The number of nitrogens with one attached hydrogen (secondary N) is 1. The number of pyridine rings is 1. The van der Waals surface area contributed by atoms with E-state index < -0.39 is 0 Å². The molecule has 0 amide bonds. The molecule has 0 aliphatic carbocycles. The summed E-state index contributed by atoms with van der Waals surface area (Å²) in [5, 5.41) is 3.65. The van der Waals surface area contributed by atoms with Crippen LogP contribution in [0.15, 0.2) is 42.6 Å². The minimum atomic E-state index is 0.525. The van der Waals surface area contributed by atoms with Crippen molar-refractivity contribution in [3.05, 3.63) is 48.2 Å². The highest BCUT2D eigenvalue weighted by atomic mass is 16.5. The number of aromatic nitrogens is 1. The zero-order valence-corrected chi connectivity index (χ0v) is 14.4. The maximum atomic E-state index is 5.47. The number of benzene rings is 1. The van der Waals surface area contributed by atoms with Gasteiger partial charge in [0.25, 0.3) is 0 Å². The second kappa shape index (κ2) is 8.02. The highest BCUT2D eigenvalue weighted by Crippen LogP contribution is 2.25. The Morgan fingerprint density at radius 3 is 2.62 bits per heavy atom. The monoisotopic (exact) mass is 327 g/mol. The van der Waals surface area contributed by atoms with Crippen molar-refractivity contribution in [2.24, 2.45) is 0 Å². The first-order chi connectivity index (χ1) is 11.8. The lowest BCUT2D eigenvalue weighted by Crippen LogP contribution is -2.42. The van der Waals surface area contributed by atoms with E-state index >= 15 is 0 Å². The standard InChI is InChI=1S/C19H25N3O2/c1-23-17-7-6-15(18(13-17)24-2)14-21-16-8-11-22(12-9-16)19-5-3-4-10-20-19/h3-7,10,13,16,21H,8-9,11-12,14H2,1-2H3. The first kappa shape index (κ1) is 16.6. The minimum Gasteiger partial charge on any atom is -0.497 e. The third-order valence-corrected chi connectivity index (χ3v) is 4.54. The predicted octanol–water partition coefficient (Wildman–Crippen LogP) is 2.86. The van der Waals surface area contributed by atoms with Crippen LogP contribution in [0.5, 0.6) is 11.5 Å². The van der Waals surface area contributed by atoms with Gasteiger partial charge in [0.15, 0.2) is 0 Å². The molecule has 3 rings (SSSR count). The Morgan fingerprint density at radius 2 is 1.96 bits per heavy atom. The fourth-order valence-corrected chi connectivity index (χ4v) is 3.11. The van der Waals surface area contributed by atoms with Crippen molar-refractivity contribution in [1.82, 2.24) is 10.3 Å². The fraction of sp³-hybridized carbons (Fsp3) is 0.421. The maximum absolute atomic E-state index is 5.47. The minimum absolute atomic E-state index is 0.525. The van der Waals surface area contributed by atoms with E-state index in [1.54, 1.807) is 14.2 Å². The van der Waals surface area contributed by atoms with Gasteiger partial charge in [0, 0.05) is 43.5 Å². The topological polar surface area (TPSA) is 46.6 Å². The molecule has 1 aromatic heterocycles. The largest absolute Gasteiger partial charge is 0.497 e. The summed E-state index contributed by atoms with van der Waals surface area (Å²) in [6.07, 6.45) is 4.10. The molecule has 0 atom stereocenters. The van der Waals surface area contributed by atoms with Gasteiger partial charge in [-0.15, -0.1) is 0 Å². The van der Waals surface area contributed by atoms with Crippen LogP contribution in [0.2, 0.25) is 0 Å². The molecule has 24 heavy (non-hydrogen) atoms. The summed E-state index contributed by atoms with van der Waals surface area (Å²) in [5.74, 6) is 2.76. The molecule has 0 spiro atoms.